The molecule has 1 aliphatic rings. The van der Waals surface area contributed by atoms with E-state index >= 15 is 0 Å². The summed E-state index contributed by atoms with van der Waals surface area (Å²) in [7, 11) is 0. The van der Waals surface area contributed by atoms with Crippen molar-refractivity contribution in [2.24, 2.45) is 17.6 Å². The molecular formula is C14H22BrNS. The first-order valence-electron chi connectivity index (χ1n) is 6.42. The van der Waals surface area contributed by atoms with Crippen molar-refractivity contribution in [2.45, 2.75) is 51.5 Å². The maximum absolute atomic E-state index is 6.40. The normalized spacial score (nSPS) is 30.5. The minimum Gasteiger partial charge on any atom is -0.327 e. The van der Waals surface area contributed by atoms with E-state index in [9.17, 15) is 0 Å². The molecule has 2 rings (SSSR count). The van der Waals surface area contributed by atoms with Crippen molar-refractivity contribution in [1.29, 1.82) is 0 Å². The zero-order valence-electron chi connectivity index (χ0n) is 10.9. The van der Waals surface area contributed by atoms with Crippen molar-refractivity contribution in [1.82, 2.24) is 0 Å². The molecule has 0 aliphatic heterocycles. The zero-order chi connectivity index (χ0) is 12.6. The van der Waals surface area contributed by atoms with Gasteiger partial charge in [0.25, 0.3) is 0 Å². The van der Waals surface area contributed by atoms with Gasteiger partial charge in [0.2, 0.25) is 0 Å². The Morgan fingerprint density at radius 2 is 2.12 bits per heavy atom. The van der Waals surface area contributed by atoms with E-state index < -0.39 is 0 Å². The summed E-state index contributed by atoms with van der Waals surface area (Å²) in [4.78, 5) is 1.45. The highest BCUT2D eigenvalue weighted by Crippen LogP contribution is 2.45. The standard InChI is InChI=1S/C14H22BrNS/c1-9-4-5-10(12(16)8-9)14(2,3)13-11(15)6-7-17-13/h6-7,9-10,12H,4-5,8,16H2,1-3H3. The van der Waals surface area contributed by atoms with Crippen LogP contribution in [0.3, 0.4) is 0 Å². The van der Waals surface area contributed by atoms with Crippen molar-refractivity contribution in [3.63, 3.8) is 0 Å². The van der Waals surface area contributed by atoms with Gasteiger partial charge in [-0.05, 0) is 52.1 Å². The number of hydrogen-bond acceptors (Lipinski definition) is 2. The average molecular weight is 316 g/mol. The molecule has 0 amide bonds. The fourth-order valence-corrected chi connectivity index (χ4v) is 5.32. The van der Waals surface area contributed by atoms with E-state index in [4.69, 9.17) is 5.73 Å². The van der Waals surface area contributed by atoms with Crippen LogP contribution in [-0.2, 0) is 5.41 Å². The molecule has 1 nitrogen and oxygen atoms in total. The van der Waals surface area contributed by atoms with Crippen molar-refractivity contribution in [3.8, 4) is 0 Å². The highest BCUT2D eigenvalue weighted by molar-refractivity contribution is 9.10. The SMILES string of the molecule is CC1CCC(C(C)(C)c2sccc2Br)C(N)C1. The average Bonchev–Trinajstić information content (AvgIpc) is 2.64. The quantitative estimate of drug-likeness (QED) is 0.851. The third-order valence-corrected chi connectivity index (χ3v) is 6.47. The highest BCUT2D eigenvalue weighted by atomic mass is 79.9. The summed E-state index contributed by atoms with van der Waals surface area (Å²) in [5.74, 6) is 1.40. The molecule has 0 spiro atoms. The summed E-state index contributed by atoms with van der Waals surface area (Å²) in [6, 6.07) is 2.50. The van der Waals surface area contributed by atoms with Crippen LogP contribution in [0.1, 0.15) is 44.9 Å². The summed E-state index contributed by atoms with van der Waals surface area (Å²) in [6.07, 6.45) is 3.77. The van der Waals surface area contributed by atoms with Crippen molar-refractivity contribution < 1.29 is 0 Å². The largest absolute Gasteiger partial charge is 0.327 e. The van der Waals surface area contributed by atoms with Gasteiger partial charge in [0.15, 0.2) is 0 Å². The maximum atomic E-state index is 6.40. The molecular weight excluding hydrogens is 294 g/mol. The number of rotatable bonds is 2. The molecule has 3 unspecified atom stereocenters. The highest BCUT2D eigenvalue weighted by Gasteiger charge is 2.39. The lowest BCUT2D eigenvalue weighted by molar-refractivity contribution is 0.173. The van der Waals surface area contributed by atoms with Crippen LogP contribution in [0.25, 0.3) is 0 Å². The zero-order valence-corrected chi connectivity index (χ0v) is 13.3. The Morgan fingerprint density at radius 3 is 2.65 bits per heavy atom. The molecule has 96 valence electrons. The number of halogens is 1. The van der Waals surface area contributed by atoms with Crippen LogP contribution in [0, 0.1) is 11.8 Å². The Bertz CT molecular complexity index is 385. The monoisotopic (exact) mass is 315 g/mol. The number of nitrogens with two attached hydrogens (primary N) is 1. The summed E-state index contributed by atoms with van der Waals surface area (Å²) in [5.41, 5.74) is 6.59. The molecule has 3 heteroatoms. The van der Waals surface area contributed by atoms with E-state index in [1.165, 1.54) is 28.6 Å². The summed E-state index contributed by atoms with van der Waals surface area (Å²) in [5, 5.41) is 2.16. The van der Waals surface area contributed by atoms with Crippen LogP contribution in [0.4, 0.5) is 0 Å². The second-order valence-corrected chi connectivity index (χ2v) is 7.78. The van der Waals surface area contributed by atoms with Gasteiger partial charge < -0.3 is 5.73 Å². The first-order valence-corrected chi connectivity index (χ1v) is 8.09. The first-order chi connectivity index (χ1) is 7.93. The van der Waals surface area contributed by atoms with Crippen molar-refractivity contribution >= 4 is 27.3 Å². The third-order valence-electron chi connectivity index (χ3n) is 4.29. The minimum absolute atomic E-state index is 0.187. The molecule has 17 heavy (non-hydrogen) atoms. The van der Waals surface area contributed by atoms with Gasteiger partial charge in [-0.25, -0.2) is 0 Å². The Labute approximate surface area is 117 Å². The number of thiophene rings is 1. The minimum atomic E-state index is 0.187. The molecule has 1 fully saturated rings. The van der Waals surface area contributed by atoms with E-state index in [0.29, 0.717) is 12.0 Å². The lowest BCUT2D eigenvalue weighted by atomic mass is 9.66. The molecule has 1 heterocycles. The van der Waals surface area contributed by atoms with Crippen LogP contribution in [0.15, 0.2) is 15.9 Å². The molecule has 0 radical (unpaired) electrons. The van der Waals surface area contributed by atoms with Crippen molar-refractivity contribution in [2.75, 3.05) is 0 Å². The second kappa shape index (κ2) is 5.02. The second-order valence-electron chi connectivity index (χ2n) is 6.01. The molecule has 1 saturated carbocycles. The lowest BCUT2D eigenvalue weighted by Crippen LogP contribution is -2.45. The van der Waals surface area contributed by atoms with Crippen molar-refractivity contribution in [3.05, 3.63) is 20.8 Å². The van der Waals surface area contributed by atoms with Crippen LogP contribution < -0.4 is 5.73 Å². The topological polar surface area (TPSA) is 26.0 Å². The van der Waals surface area contributed by atoms with Crippen LogP contribution in [0.5, 0.6) is 0 Å². The lowest BCUT2D eigenvalue weighted by Gasteiger charge is -2.42. The molecule has 3 atom stereocenters. The van der Waals surface area contributed by atoms with E-state index in [-0.39, 0.29) is 5.41 Å². The first kappa shape index (κ1) is 13.6. The smallest absolute Gasteiger partial charge is 0.0320 e. The summed E-state index contributed by atoms with van der Waals surface area (Å²) < 4.78 is 1.25. The van der Waals surface area contributed by atoms with Gasteiger partial charge >= 0.3 is 0 Å². The van der Waals surface area contributed by atoms with Gasteiger partial charge in [0.1, 0.15) is 0 Å². The van der Waals surface area contributed by atoms with E-state index in [0.717, 1.165) is 5.92 Å². The molecule has 2 N–H and O–H groups in total. The maximum Gasteiger partial charge on any atom is 0.0320 e. The van der Waals surface area contributed by atoms with Gasteiger partial charge in [-0.15, -0.1) is 11.3 Å². The van der Waals surface area contributed by atoms with E-state index in [1.807, 2.05) is 11.3 Å². The number of hydrogen-bond donors (Lipinski definition) is 1. The predicted octanol–water partition coefficient (Wildman–Crippen LogP) is 4.55. The third kappa shape index (κ3) is 2.61. The van der Waals surface area contributed by atoms with Crippen LogP contribution in [0.2, 0.25) is 0 Å². The molecule has 0 aromatic carbocycles. The molecule has 0 saturated heterocycles. The molecule has 1 aromatic rings. The molecule has 1 aromatic heterocycles. The predicted molar refractivity (Wildman–Crippen MR) is 79.5 cm³/mol. The van der Waals surface area contributed by atoms with E-state index in [1.54, 1.807) is 0 Å². The fraction of sp³-hybridized carbons (Fsp3) is 0.714. The van der Waals surface area contributed by atoms with Crippen LogP contribution >= 0.6 is 27.3 Å². The molecule has 1 aliphatic carbocycles. The van der Waals surface area contributed by atoms with E-state index in [2.05, 4.69) is 48.1 Å². The molecule has 0 bridgehead atoms. The Balaban J connectivity index is 2.24. The van der Waals surface area contributed by atoms with Gasteiger partial charge in [0, 0.05) is 20.8 Å². The van der Waals surface area contributed by atoms with Gasteiger partial charge in [-0.3, -0.25) is 0 Å². The fourth-order valence-electron chi connectivity index (χ4n) is 3.24. The summed E-state index contributed by atoms with van der Waals surface area (Å²) in [6.45, 7) is 7.03. The Hall–Kier alpha value is 0.140. The Kier molecular flexibility index (Phi) is 4.01. The Morgan fingerprint density at radius 1 is 1.41 bits per heavy atom. The van der Waals surface area contributed by atoms with Gasteiger partial charge in [0.05, 0.1) is 0 Å². The summed E-state index contributed by atoms with van der Waals surface area (Å²) >= 11 is 5.52. The van der Waals surface area contributed by atoms with Crippen LogP contribution in [-0.4, -0.2) is 6.04 Å². The van der Waals surface area contributed by atoms with Gasteiger partial charge in [-0.2, -0.15) is 0 Å². The van der Waals surface area contributed by atoms with Gasteiger partial charge in [-0.1, -0.05) is 27.2 Å².